The van der Waals surface area contributed by atoms with E-state index in [2.05, 4.69) is 20.9 Å². The minimum absolute atomic E-state index is 0.484. The Bertz CT molecular complexity index is 443. The van der Waals surface area contributed by atoms with Gasteiger partial charge in [-0.3, -0.25) is 0 Å². The van der Waals surface area contributed by atoms with Crippen molar-refractivity contribution >= 4 is 38.9 Å². The lowest BCUT2D eigenvalue weighted by Crippen LogP contribution is -1.94. The summed E-state index contributed by atoms with van der Waals surface area (Å²) in [7, 11) is 0. The zero-order chi connectivity index (χ0) is 10.7. The maximum absolute atomic E-state index is 5.76. The molecule has 0 aliphatic carbocycles. The molecule has 2 nitrogen and oxygen atoms in total. The number of halogens is 2. The van der Waals surface area contributed by atoms with Crippen LogP contribution in [0.3, 0.4) is 0 Å². The van der Waals surface area contributed by atoms with Gasteiger partial charge < -0.3 is 4.74 Å². The summed E-state index contributed by atoms with van der Waals surface area (Å²) < 4.78 is 6.38. The standard InChI is InChI=1S/C10H7BrClNOS/c11-9-6-15-10(13-9)5-14-8-3-1-7(12)2-4-8/h1-4,6H,5H2. The third-order valence-corrected chi connectivity index (χ3v) is 3.48. The van der Waals surface area contributed by atoms with Gasteiger partial charge in [-0.05, 0) is 40.2 Å². The summed E-state index contributed by atoms with van der Waals surface area (Å²) in [5, 5.41) is 3.58. The van der Waals surface area contributed by atoms with Crippen molar-refractivity contribution in [2.24, 2.45) is 0 Å². The average molecular weight is 305 g/mol. The van der Waals surface area contributed by atoms with Crippen molar-refractivity contribution in [2.45, 2.75) is 6.61 Å². The normalized spacial score (nSPS) is 10.3. The fourth-order valence-corrected chi connectivity index (χ4v) is 2.33. The Morgan fingerprint density at radius 1 is 1.33 bits per heavy atom. The molecule has 0 amide bonds. The van der Waals surface area contributed by atoms with Gasteiger partial charge in [-0.15, -0.1) is 11.3 Å². The third-order valence-electron chi connectivity index (χ3n) is 1.70. The van der Waals surface area contributed by atoms with E-state index in [0.29, 0.717) is 11.6 Å². The van der Waals surface area contributed by atoms with Crippen LogP contribution in [0.25, 0.3) is 0 Å². The van der Waals surface area contributed by atoms with Gasteiger partial charge in [-0.2, -0.15) is 0 Å². The summed E-state index contributed by atoms with van der Waals surface area (Å²) in [4.78, 5) is 4.23. The highest BCUT2D eigenvalue weighted by Gasteiger charge is 2.00. The molecule has 0 aliphatic heterocycles. The predicted molar refractivity (Wildman–Crippen MR) is 65.6 cm³/mol. The zero-order valence-corrected chi connectivity index (χ0v) is 10.8. The van der Waals surface area contributed by atoms with Gasteiger partial charge in [0.05, 0.1) is 0 Å². The summed E-state index contributed by atoms with van der Waals surface area (Å²) in [6, 6.07) is 7.28. The zero-order valence-electron chi connectivity index (χ0n) is 7.61. The first kappa shape index (κ1) is 10.9. The van der Waals surface area contributed by atoms with Crippen LogP contribution in [-0.4, -0.2) is 4.98 Å². The first-order valence-electron chi connectivity index (χ1n) is 4.22. The van der Waals surface area contributed by atoms with Crippen molar-refractivity contribution in [2.75, 3.05) is 0 Å². The highest BCUT2D eigenvalue weighted by atomic mass is 79.9. The molecule has 0 aliphatic rings. The number of hydrogen-bond donors (Lipinski definition) is 0. The van der Waals surface area contributed by atoms with E-state index in [0.717, 1.165) is 15.4 Å². The molecule has 78 valence electrons. The molecule has 0 atom stereocenters. The van der Waals surface area contributed by atoms with Gasteiger partial charge in [0.25, 0.3) is 0 Å². The van der Waals surface area contributed by atoms with Crippen LogP contribution in [0.1, 0.15) is 5.01 Å². The third kappa shape index (κ3) is 3.19. The molecule has 0 bridgehead atoms. The molecule has 2 rings (SSSR count). The molecule has 1 aromatic carbocycles. The minimum atomic E-state index is 0.484. The molecule has 1 heterocycles. The summed E-state index contributed by atoms with van der Waals surface area (Å²) in [5.74, 6) is 0.797. The van der Waals surface area contributed by atoms with Crippen molar-refractivity contribution in [1.29, 1.82) is 0 Å². The molecule has 1 aromatic heterocycles. The number of ether oxygens (including phenoxy) is 1. The molecule has 0 saturated carbocycles. The van der Waals surface area contributed by atoms with E-state index in [-0.39, 0.29) is 0 Å². The fourth-order valence-electron chi connectivity index (χ4n) is 1.03. The number of aromatic nitrogens is 1. The van der Waals surface area contributed by atoms with Crippen molar-refractivity contribution in [3.63, 3.8) is 0 Å². The van der Waals surface area contributed by atoms with Crippen LogP contribution in [0.15, 0.2) is 34.2 Å². The van der Waals surface area contributed by atoms with E-state index in [1.54, 1.807) is 23.5 Å². The van der Waals surface area contributed by atoms with Crippen LogP contribution >= 0.6 is 38.9 Å². The molecule has 2 aromatic rings. The first-order valence-corrected chi connectivity index (χ1v) is 6.27. The second kappa shape index (κ2) is 4.96. The Morgan fingerprint density at radius 3 is 2.67 bits per heavy atom. The predicted octanol–water partition coefficient (Wildman–Crippen LogP) is 4.14. The second-order valence-corrected chi connectivity index (χ2v) is 5.00. The average Bonchev–Trinajstić information content (AvgIpc) is 2.64. The first-order chi connectivity index (χ1) is 7.24. The van der Waals surface area contributed by atoms with E-state index in [1.807, 2.05) is 17.5 Å². The molecular formula is C10H7BrClNOS. The Labute approximate surface area is 105 Å². The van der Waals surface area contributed by atoms with Crippen LogP contribution in [0.5, 0.6) is 5.75 Å². The summed E-state index contributed by atoms with van der Waals surface area (Å²) in [6.45, 7) is 0.484. The largest absolute Gasteiger partial charge is 0.486 e. The Kier molecular flexibility index (Phi) is 3.61. The monoisotopic (exact) mass is 303 g/mol. The van der Waals surface area contributed by atoms with Crippen molar-refractivity contribution < 1.29 is 4.74 Å². The second-order valence-electron chi connectivity index (χ2n) is 2.81. The van der Waals surface area contributed by atoms with Gasteiger partial charge in [0.1, 0.15) is 22.0 Å². The van der Waals surface area contributed by atoms with E-state index >= 15 is 0 Å². The van der Waals surface area contributed by atoms with Crippen LogP contribution in [0.4, 0.5) is 0 Å². The van der Waals surface area contributed by atoms with E-state index in [4.69, 9.17) is 16.3 Å². The van der Waals surface area contributed by atoms with Crippen LogP contribution in [-0.2, 0) is 6.61 Å². The quantitative estimate of drug-likeness (QED) is 0.850. The van der Waals surface area contributed by atoms with Gasteiger partial charge in [-0.25, -0.2) is 4.98 Å². The highest BCUT2D eigenvalue weighted by Crippen LogP contribution is 2.19. The van der Waals surface area contributed by atoms with E-state index in [9.17, 15) is 0 Å². The summed E-state index contributed by atoms with van der Waals surface area (Å²) in [6.07, 6.45) is 0. The maximum atomic E-state index is 5.76. The van der Waals surface area contributed by atoms with Crippen molar-refractivity contribution in [3.05, 3.63) is 44.3 Å². The van der Waals surface area contributed by atoms with Gasteiger partial charge in [0.2, 0.25) is 0 Å². The van der Waals surface area contributed by atoms with Crippen LogP contribution in [0.2, 0.25) is 5.02 Å². The molecule has 0 spiro atoms. The lowest BCUT2D eigenvalue weighted by molar-refractivity contribution is 0.305. The SMILES string of the molecule is Clc1ccc(OCc2nc(Br)cs2)cc1. The van der Waals surface area contributed by atoms with Crippen molar-refractivity contribution in [1.82, 2.24) is 4.98 Å². The van der Waals surface area contributed by atoms with Gasteiger partial charge in [0, 0.05) is 10.4 Å². The van der Waals surface area contributed by atoms with Gasteiger partial charge in [-0.1, -0.05) is 11.6 Å². The lowest BCUT2D eigenvalue weighted by Gasteiger charge is -2.03. The van der Waals surface area contributed by atoms with Crippen LogP contribution in [0, 0.1) is 0 Å². The van der Waals surface area contributed by atoms with E-state index in [1.165, 1.54) is 0 Å². The number of rotatable bonds is 3. The topological polar surface area (TPSA) is 22.1 Å². The molecule has 15 heavy (non-hydrogen) atoms. The fraction of sp³-hybridized carbons (Fsp3) is 0.100. The minimum Gasteiger partial charge on any atom is -0.486 e. The van der Waals surface area contributed by atoms with Crippen LogP contribution < -0.4 is 4.74 Å². The molecule has 0 radical (unpaired) electrons. The molecule has 0 N–H and O–H groups in total. The number of hydrogen-bond acceptors (Lipinski definition) is 3. The summed E-state index contributed by atoms with van der Waals surface area (Å²) >= 11 is 10.6. The highest BCUT2D eigenvalue weighted by molar-refractivity contribution is 9.10. The lowest BCUT2D eigenvalue weighted by atomic mass is 10.3. The smallest absolute Gasteiger partial charge is 0.140 e. The molecular weight excluding hydrogens is 298 g/mol. The Balaban J connectivity index is 1.96. The molecule has 5 heteroatoms. The van der Waals surface area contributed by atoms with Crippen molar-refractivity contribution in [3.8, 4) is 5.75 Å². The molecule has 0 saturated heterocycles. The molecule has 0 fully saturated rings. The molecule has 0 unspecified atom stereocenters. The number of benzene rings is 1. The van der Waals surface area contributed by atoms with Gasteiger partial charge >= 0.3 is 0 Å². The van der Waals surface area contributed by atoms with Gasteiger partial charge in [0.15, 0.2) is 0 Å². The Hall–Kier alpha value is -0.580. The van der Waals surface area contributed by atoms with E-state index < -0.39 is 0 Å². The number of nitrogens with zero attached hydrogens (tertiary/aromatic N) is 1. The maximum Gasteiger partial charge on any atom is 0.140 e. The number of thiazole rings is 1. The Morgan fingerprint density at radius 2 is 2.07 bits per heavy atom. The summed E-state index contributed by atoms with van der Waals surface area (Å²) in [5.41, 5.74) is 0.